The number of anilines is 1. The number of fused-ring (bicyclic) bond motifs is 2. The first kappa shape index (κ1) is 10.2. The van der Waals surface area contributed by atoms with Crippen LogP contribution < -0.4 is 10.6 Å². The van der Waals surface area contributed by atoms with Crippen molar-refractivity contribution in [2.75, 3.05) is 11.4 Å². The monoisotopic (exact) mass is 216 g/mol. The van der Waals surface area contributed by atoms with Gasteiger partial charge in [0.05, 0.1) is 0 Å². The number of nitrogens with zero attached hydrogens (tertiary/aromatic N) is 1. The van der Waals surface area contributed by atoms with Gasteiger partial charge in [0.1, 0.15) is 0 Å². The molecular formula is C14H20N2. The van der Waals surface area contributed by atoms with Crippen LogP contribution in [0.5, 0.6) is 0 Å². The zero-order chi connectivity index (χ0) is 11.1. The first-order valence-electron chi connectivity index (χ1n) is 6.37. The molecule has 1 saturated heterocycles. The molecule has 2 bridgehead atoms. The topological polar surface area (TPSA) is 29.3 Å². The molecule has 2 nitrogen and oxygen atoms in total. The Morgan fingerprint density at radius 3 is 2.75 bits per heavy atom. The number of nitrogens with two attached hydrogens (primary N) is 1. The fourth-order valence-corrected chi connectivity index (χ4v) is 3.35. The fraction of sp³-hybridized carbons (Fsp3) is 0.571. The SMILES string of the molecule is C[C@@H](N)c1ccccc1N1CC2CCC1C2. The summed E-state index contributed by atoms with van der Waals surface area (Å²) in [5, 5.41) is 0. The predicted octanol–water partition coefficient (Wildman–Crippen LogP) is 2.70. The molecule has 16 heavy (non-hydrogen) atoms. The highest BCUT2D eigenvalue weighted by molar-refractivity contribution is 5.57. The summed E-state index contributed by atoms with van der Waals surface area (Å²) in [6, 6.07) is 9.55. The van der Waals surface area contributed by atoms with Crippen LogP contribution in [0.3, 0.4) is 0 Å². The summed E-state index contributed by atoms with van der Waals surface area (Å²) < 4.78 is 0. The highest BCUT2D eigenvalue weighted by atomic mass is 15.2. The molecule has 1 saturated carbocycles. The number of hydrogen-bond acceptors (Lipinski definition) is 2. The first-order chi connectivity index (χ1) is 7.75. The maximum Gasteiger partial charge on any atom is 0.0417 e. The van der Waals surface area contributed by atoms with Crippen LogP contribution in [0.4, 0.5) is 5.69 Å². The van der Waals surface area contributed by atoms with Crippen molar-refractivity contribution < 1.29 is 0 Å². The van der Waals surface area contributed by atoms with Gasteiger partial charge in [0.2, 0.25) is 0 Å². The van der Waals surface area contributed by atoms with Crippen molar-refractivity contribution in [2.45, 2.75) is 38.3 Å². The van der Waals surface area contributed by atoms with E-state index in [0.29, 0.717) is 0 Å². The highest BCUT2D eigenvalue weighted by Crippen LogP contribution is 2.41. The van der Waals surface area contributed by atoms with E-state index >= 15 is 0 Å². The number of piperidine rings is 1. The molecule has 1 aromatic carbocycles. The standard InChI is InChI=1S/C14H20N2/c1-10(15)13-4-2-3-5-14(13)16-9-11-6-7-12(16)8-11/h2-5,10-12H,6-9,15H2,1H3/t10-,11?,12?/m1/s1. The number of hydrogen-bond donors (Lipinski definition) is 1. The van der Waals surface area contributed by atoms with Gasteiger partial charge in [-0.25, -0.2) is 0 Å². The second kappa shape index (κ2) is 3.77. The van der Waals surface area contributed by atoms with Crippen LogP contribution >= 0.6 is 0 Å². The van der Waals surface area contributed by atoms with Crippen molar-refractivity contribution in [1.29, 1.82) is 0 Å². The van der Waals surface area contributed by atoms with Gasteiger partial charge in [0, 0.05) is 24.3 Å². The van der Waals surface area contributed by atoms with Crippen LogP contribution in [0.2, 0.25) is 0 Å². The maximum absolute atomic E-state index is 6.05. The molecule has 1 aliphatic heterocycles. The summed E-state index contributed by atoms with van der Waals surface area (Å²) in [4.78, 5) is 2.59. The Labute approximate surface area is 97.4 Å². The van der Waals surface area contributed by atoms with Crippen molar-refractivity contribution >= 4 is 5.69 Å². The lowest BCUT2D eigenvalue weighted by Gasteiger charge is -2.31. The molecule has 0 amide bonds. The molecule has 2 N–H and O–H groups in total. The summed E-state index contributed by atoms with van der Waals surface area (Å²) in [5.74, 6) is 0.936. The Kier molecular flexibility index (Phi) is 2.40. The normalized spacial score (nSPS) is 29.8. The van der Waals surface area contributed by atoms with Crippen molar-refractivity contribution in [2.24, 2.45) is 11.7 Å². The molecule has 0 aromatic heterocycles. The lowest BCUT2D eigenvalue weighted by molar-refractivity contribution is 0.551. The third kappa shape index (κ3) is 1.52. The van der Waals surface area contributed by atoms with Gasteiger partial charge in [-0.1, -0.05) is 18.2 Å². The third-order valence-electron chi connectivity index (χ3n) is 4.15. The average molecular weight is 216 g/mol. The van der Waals surface area contributed by atoms with Crippen molar-refractivity contribution in [3.8, 4) is 0 Å². The minimum Gasteiger partial charge on any atom is -0.368 e. The van der Waals surface area contributed by atoms with Crippen molar-refractivity contribution in [3.63, 3.8) is 0 Å². The Balaban J connectivity index is 1.94. The molecule has 0 spiro atoms. The minimum atomic E-state index is 0.135. The summed E-state index contributed by atoms with van der Waals surface area (Å²) in [6.07, 6.45) is 4.20. The third-order valence-corrected chi connectivity index (χ3v) is 4.15. The quantitative estimate of drug-likeness (QED) is 0.823. The zero-order valence-electron chi connectivity index (χ0n) is 9.89. The fourth-order valence-electron chi connectivity index (χ4n) is 3.35. The van der Waals surface area contributed by atoms with Gasteiger partial charge in [-0.05, 0) is 43.7 Å². The number of para-hydroxylation sites is 1. The molecule has 2 heteroatoms. The van der Waals surface area contributed by atoms with Crippen molar-refractivity contribution in [3.05, 3.63) is 29.8 Å². The van der Waals surface area contributed by atoms with E-state index in [1.54, 1.807) is 0 Å². The molecule has 3 atom stereocenters. The van der Waals surface area contributed by atoms with Crippen LogP contribution in [-0.4, -0.2) is 12.6 Å². The minimum absolute atomic E-state index is 0.135. The van der Waals surface area contributed by atoms with E-state index in [0.717, 1.165) is 12.0 Å². The molecule has 0 radical (unpaired) electrons. The van der Waals surface area contributed by atoms with Crippen LogP contribution in [0, 0.1) is 5.92 Å². The Morgan fingerprint density at radius 2 is 2.12 bits per heavy atom. The molecule has 1 aliphatic carbocycles. The molecule has 1 aromatic rings. The smallest absolute Gasteiger partial charge is 0.0417 e. The molecule has 2 aliphatic rings. The molecule has 3 rings (SSSR count). The average Bonchev–Trinajstić information content (AvgIpc) is 2.90. The Bertz CT molecular complexity index is 386. The van der Waals surface area contributed by atoms with Crippen LogP contribution in [-0.2, 0) is 0 Å². The van der Waals surface area contributed by atoms with Crippen LogP contribution in [0.25, 0.3) is 0 Å². The second-order valence-electron chi connectivity index (χ2n) is 5.33. The molecule has 1 heterocycles. The van der Waals surface area contributed by atoms with Gasteiger partial charge < -0.3 is 10.6 Å². The molecule has 2 unspecified atom stereocenters. The summed E-state index contributed by atoms with van der Waals surface area (Å²) >= 11 is 0. The van der Waals surface area contributed by atoms with E-state index in [1.165, 1.54) is 37.1 Å². The lowest BCUT2D eigenvalue weighted by atomic mass is 10.0. The van der Waals surface area contributed by atoms with Gasteiger partial charge >= 0.3 is 0 Å². The Morgan fingerprint density at radius 1 is 1.31 bits per heavy atom. The van der Waals surface area contributed by atoms with E-state index in [-0.39, 0.29) is 6.04 Å². The first-order valence-corrected chi connectivity index (χ1v) is 6.37. The van der Waals surface area contributed by atoms with Gasteiger partial charge in [0.15, 0.2) is 0 Å². The Hall–Kier alpha value is -1.02. The van der Waals surface area contributed by atoms with Gasteiger partial charge in [-0.15, -0.1) is 0 Å². The number of benzene rings is 1. The van der Waals surface area contributed by atoms with E-state index < -0.39 is 0 Å². The summed E-state index contributed by atoms with van der Waals surface area (Å²) in [6.45, 7) is 3.32. The van der Waals surface area contributed by atoms with E-state index in [4.69, 9.17) is 5.73 Å². The van der Waals surface area contributed by atoms with Gasteiger partial charge in [-0.3, -0.25) is 0 Å². The van der Waals surface area contributed by atoms with E-state index in [9.17, 15) is 0 Å². The van der Waals surface area contributed by atoms with Crippen molar-refractivity contribution in [1.82, 2.24) is 0 Å². The molecule has 2 fully saturated rings. The number of rotatable bonds is 2. The largest absolute Gasteiger partial charge is 0.368 e. The van der Waals surface area contributed by atoms with E-state index in [2.05, 4.69) is 36.1 Å². The maximum atomic E-state index is 6.05. The predicted molar refractivity (Wildman–Crippen MR) is 67.5 cm³/mol. The summed E-state index contributed by atoms with van der Waals surface area (Å²) in [7, 11) is 0. The molecular weight excluding hydrogens is 196 g/mol. The zero-order valence-corrected chi connectivity index (χ0v) is 9.89. The second-order valence-corrected chi connectivity index (χ2v) is 5.33. The van der Waals surface area contributed by atoms with Gasteiger partial charge in [-0.2, -0.15) is 0 Å². The lowest BCUT2D eigenvalue weighted by Crippen LogP contribution is -2.33. The van der Waals surface area contributed by atoms with E-state index in [1.807, 2.05) is 0 Å². The highest BCUT2D eigenvalue weighted by Gasteiger charge is 2.38. The van der Waals surface area contributed by atoms with Crippen LogP contribution in [0.15, 0.2) is 24.3 Å². The van der Waals surface area contributed by atoms with Gasteiger partial charge in [0.25, 0.3) is 0 Å². The van der Waals surface area contributed by atoms with Crippen LogP contribution in [0.1, 0.15) is 37.8 Å². The summed E-state index contributed by atoms with van der Waals surface area (Å²) in [5.41, 5.74) is 8.73. The molecule has 86 valence electrons.